The summed E-state index contributed by atoms with van der Waals surface area (Å²) in [5.74, 6) is 2.87. The number of rotatable bonds is 0. The van der Waals surface area contributed by atoms with Crippen LogP contribution in [0.2, 0.25) is 5.02 Å². The van der Waals surface area contributed by atoms with E-state index in [1.807, 2.05) is 14.0 Å². The van der Waals surface area contributed by atoms with E-state index in [9.17, 15) is 0 Å². The monoisotopic (exact) mass is 372 g/mol. The van der Waals surface area contributed by atoms with Gasteiger partial charge in [-0.2, -0.15) is 5.10 Å². The fraction of sp³-hybridized carbons (Fsp3) is 0.294. The molecule has 1 N–H and O–H groups in total. The van der Waals surface area contributed by atoms with Crippen LogP contribution in [0.25, 0.3) is 11.4 Å². The lowest BCUT2D eigenvalue weighted by atomic mass is 10.3. The third kappa shape index (κ3) is 3.28. The first-order valence-corrected chi connectivity index (χ1v) is 8.55. The third-order valence-electron chi connectivity index (χ3n) is 3.95. The lowest BCUT2D eigenvalue weighted by Gasteiger charge is -2.18. The summed E-state index contributed by atoms with van der Waals surface area (Å²) in [6.45, 7) is 2.43. The summed E-state index contributed by atoms with van der Waals surface area (Å²) < 4.78 is 13.5. The number of hydrogen-bond donors (Lipinski definition) is 1. The van der Waals surface area contributed by atoms with Gasteiger partial charge >= 0.3 is 0 Å². The van der Waals surface area contributed by atoms with Gasteiger partial charge in [-0.15, -0.1) is 0 Å². The second-order valence-corrected chi connectivity index (χ2v) is 6.35. The van der Waals surface area contributed by atoms with Crippen molar-refractivity contribution in [2.24, 2.45) is 7.05 Å². The van der Waals surface area contributed by atoms with Crippen molar-refractivity contribution < 1.29 is 9.47 Å². The average Bonchev–Trinajstić information content (AvgIpc) is 2.98. The number of aromatic nitrogens is 5. The van der Waals surface area contributed by atoms with Crippen LogP contribution >= 0.6 is 11.6 Å². The molecule has 1 aliphatic rings. The van der Waals surface area contributed by atoms with Crippen LogP contribution in [0.1, 0.15) is 13.3 Å². The van der Waals surface area contributed by atoms with Gasteiger partial charge in [0.25, 0.3) is 0 Å². The summed E-state index contributed by atoms with van der Waals surface area (Å²) in [4.78, 5) is 13.2. The van der Waals surface area contributed by atoms with Crippen LogP contribution in [-0.2, 0) is 7.05 Å². The zero-order valence-corrected chi connectivity index (χ0v) is 15.1. The summed E-state index contributed by atoms with van der Waals surface area (Å²) in [6, 6.07) is 3.51. The van der Waals surface area contributed by atoms with Gasteiger partial charge in [0.2, 0.25) is 5.88 Å². The first-order chi connectivity index (χ1) is 12.6. The quantitative estimate of drug-likeness (QED) is 0.648. The molecule has 0 aliphatic carbocycles. The highest BCUT2D eigenvalue weighted by molar-refractivity contribution is 6.32. The summed E-state index contributed by atoms with van der Waals surface area (Å²) >= 11 is 6.20. The molecule has 4 heterocycles. The summed E-state index contributed by atoms with van der Waals surface area (Å²) in [6.07, 6.45) is 5.50. The molecule has 3 aromatic heterocycles. The van der Waals surface area contributed by atoms with Crippen LogP contribution in [0.15, 0.2) is 30.7 Å². The largest absolute Gasteiger partial charge is 0.489 e. The van der Waals surface area contributed by atoms with E-state index < -0.39 is 0 Å². The fourth-order valence-electron chi connectivity index (χ4n) is 2.62. The maximum atomic E-state index is 6.20. The van der Waals surface area contributed by atoms with Crippen molar-refractivity contribution in [3.05, 3.63) is 35.7 Å². The maximum Gasteiger partial charge on any atom is 0.222 e. The molecule has 4 rings (SSSR count). The van der Waals surface area contributed by atoms with Crippen LogP contribution < -0.4 is 14.8 Å². The van der Waals surface area contributed by atoms with E-state index >= 15 is 0 Å². The number of halogens is 1. The van der Waals surface area contributed by atoms with E-state index in [1.165, 1.54) is 0 Å². The number of nitrogens with zero attached hydrogens (tertiary/aromatic N) is 5. The van der Waals surface area contributed by atoms with Crippen molar-refractivity contribution >= 4 is 23.2 Å². The van der Waals surface area contributed by atoms with Crippen molar-refractivity contribution in [1.82, 2.24) is 24.7 Å². The van der Waals surface area contributed by atoms with Crippen molar-refractivity contribution in [2.75, 3.05) is 11.9 Å². The maximum absolute atomic E-state index is 6.20. The van der Waals surface area contributed by atoms with Crippen LogP contribution in [-0.4, -0.2) is 37.4 Å². The lowest BCUT2D eigenvalue weighted by Crippen LogP contribution is -2.17. The molecular formula is C17H17ClN6O2. The van der Waals surface area contributed by atoms with E-state index in [1.54, 1.807) is 35.4 Å². The van der Waals surface area contributed by atoms with E-state index in [0.29, 0.717) is 47.1 Å². The second-order valence-electron chi connectivity index (χ2n) is 5.94. The lowest BCUT2D eigenvalue weighted by molar-refractivity contribution is 0.172. The fourth-order valence-corrected chi connectivity index (χ4v) is 2.76. The molecule has 134 valence electrons. The van der Waals surface area contributed by atoms with E-state index in [4.69, 9.17) is 21.1 Å². The Balaban J connectivity index is 1.78. The molecule has 0 radical (unpaired) electrons. The zero-order valence-electron chi connectivity index (χ0n) is 14.3. The predicted octanol–water partition coefficient (Wildman–Crippen LogP) is 3.22. The molecule has 8 nitrogen and oxygen atoms in total. The molecule has 4 bridgehead atoms. The Morgan fingerprint density at radius 3 is 3.04 bits per heavy atom. The normalized spacial score (nSPS) is 16.5. The Morgan fingerprint density at radius 2 is 2.15 bits per heavy atom. The van der Waals surface area contributed by atoms with Gasteiger partial charge in [0.05, 0.1) is 25.1 Å². The van der Waals surface area contributed by atoms with Crippen LogP contribution in [0.4, 0.5) is 11.6 Å². The van der Waals surface area contributed by atoms with Gasteiger partial charge in [-0.1, -0.05) is 11.6 Å². The topological polar surface area (TPSA) is 87.0 Å². The average molecular weight is 373 g/mol. The van der Waals surface area contributed by atoms with Crippen LogP contribution in [0.5, 0.6) is 11.6 Å². The minimum Gasteiger partial charge on any atom is -0.489 e. The molecule has 1 aliphatic heterocycles. The van der Waals surface area contributed by atoms with E-state index in [0.717, 1.165) is 5.56 Å². The number of anilines is 2. The highest BCUT2D eigenvalue weighted by atomic mass is 35.5. The summed E-state index contributed by atoms with van der Waals surface area (Å²) in [5.41, 5.74) is 0.728. The number of hydrogen-bond acceptors (Lipinski definition) is 7. The molecule has 0 aromatic carbocycles. The number of nitrogens with one attached hydrogen (secondary N) is 1. The Morgan fingerprint density at radius 1 is 1.27 bits per heavy atom. The van der Waals surface area contributed by atoms with Gasteiger partial charge < -0.3 is 14.8 Å². The number of aryl methyl sites for hydroxylation is 1. The SMILES string of the molecule is CC1CCOc2c(cnn2C)-c2nccc(n2)Nc2cc(c(Cl)cn2)O1. The Labute approximate surface area is 155 Å². The molecule has 1 unspecified atom stereocenters. The minimum atomic E-state index is -0.0866. The molecule has 0 fully saturated rings. The van der Waals surface area contributed by atoms with Gasteiger partial charge in [0.15, 0.2) is 5.82 Å². The molecule has 3 aromatic rings. The smallest absolute Gasteiger partial charge is 0.222 e. The molecule has 9 heteroatoms. The van der Waals surface area contributed by atoms with Crippen LogP contribution in [0, 0.1) is 0 Å². The van der Waals surface area contributed by atoms with Crippen molar-refractivity contribution in [1.29, 1.82) is 0 Å². The zero-order chi connectivity index (χ0) is 18.1. The van der Waals surface area contributed by atoms with Crippen LogP contribution in [0.3, 0.4) is 0 Å². The van der Waals surface area contributed by atoms with E-state index in [2.05, 4.69) is 25.4 Å². The van der Waals surface area contributed by atoms with Crippen molar-refractivity contribution in [2.45, 2.75) is 19.4 Å². The molecule has 26 heavy (non-hydrogen) atoms. The highest BCUT2D eigenvalue weighted by Gasteiger charge is 2.17. The van der Waals surface area contributed by atoms with Gasteiger partial charge in [0, 0.05) is 25.7 Å². The molecular weight excluding hydrogens is 356 g/mol. The summed E-state index contributed by atoms with van der Waals surface area (Å²) in [7, 11) is 1.82. The Hall–Kier alpha value is -2.87. The molecule has 0 amide bonds. The standard InChI is InChI=1S/C17H17ClN6O2/c1-10-4-6-25-17-11(8-21-24(17)2)16-19-5-3-14(23-16)22-15-7-13(26-10)12(18)9-20-15/h3,5,7-10H,4,6H2,1-2H3,(H,19,20,22,23). The summed E-state index contributed by atoms with van der Waals surface area (Å²) in [5, 5.41) is 7.86. The van der Waals surface area contributed by atoms with E-state index in [-0.39, 0.29) is 6.10 Å². The van der Waals surface area contributed by atoms with Gasteiger partial charge in [-0.05, 0) is 13.0 Å². The van der Waals surface area contributed by atoms with Crippen molar-refractivity contribution in [3.8, 4) is 23.0 Å². The number of fused-ring (bicyclic) bond motifs is 6. The number of ether oxygens (including phenoxy) is 2. The molecule has 0 saturated carbocycles. The van der Waals surface area contributed by atoms with Crippen molar-refractivity contribution in [3.63, 3.8) is 0 Å². The van der Waals surface area contributed by atoms with Gasteiger partial charge in [-0.3, -0.25) is 0 Å². The molecule has 0 spiro atoms. The molecule has 0 saturated heterocycles. The van der Waals surface area contributed by atoms with Gasteiger partial charge in [0.1, 0.15) is 28.0 Å². The Bertz CT molecular complexity index is 945. The molecule has 1 atom stereocenters. The minimum absolute atomic E-state index is 0.0866. The Kier molecular flexibility index (Phi) is 4.34. The third-order valence-corrected chi connectivity index (χ3v) is 4.23. The first kappa shape index (κ1) is 16.6. The predicted molar refractivity (Wildman–Crippen MR) is 97.0 cm³/mol. The second kappa shape index (κ2) is 6.80. The first-order valence-electron chi connectivity index (χ1n) is 8.17. The van der Waals surface area contributed by atoms with Gasteiger partial charge in [-0.25, -0.2) is 19.6 Å². The highest BCUT2D eigenvalue weighted by Crippen LogP contribution is 2.31. The number of pyridine rings is 1.